The molecule has 5 heteroatoms. The summed E-state index contributed by atoms with van der Waals surface area (Å²) < 4.78 is 1.77. The fraction of sp³-hybridized carbons (Fsp3) is 0.600. The molecule has 0 aliphatic carbocycles. The van der Waals surface area contributed by atoms with Gasteiger partial charge in [0.15, 0.2) is 0 Å². The topological polar surface area (TPSA) is 59.0 Å². The van der Waals surface area contributed by atoms with E-state index in [2.05, 4.69) is 29.5 Å². The van der Waals surface area contributed by atoms with Crippen LogP contribution in [-0.4, -0.2) is 28.5 Å². The van der Waals surface area contributed by atoms with E-state index in [1.54, 1.807) is 17.9 Å². The van der Waals surface area contributed by atoms with Gasteiger partial charge in [-0.05, 0) is 0 Å². The number of imidazole rings is 1. The summed E-state index contributed by atoms with van der Waals surface area (Å²) in [6, 6.07) is 0.439. The summed E-state index contributed by atoms with van der Waals surface area (Å²) in [6.07, 6.45) is 3.55. The fourth-order valence-corrected chi connectivity index (χ4v) is 1.14. The zero-order chi connectivity index (χ0) is 11.3. The molecule has 0 atom stereocenters. The van der Waals surface area contributed by atoms with Crippen LogP contribution in [0.1, 0.15) is 19.5 Å². The van der Waals surface area contributed by atoms with Crippen LogP contribution in [0.4, 0.5) is 0 Å². The number of nitrogens with zero attached hydrogens (tertiary/aromatic N) is 2. The summed E-state index contributed by atoms with van der Waals surface area (Å²) in [5, 5.41) is 5.84. The van der Waals surface area contributed by atoms with Crippen molar-refractivity contribution < 1.29 is 4.79 Å². The number of carbonyl (C=O) groups excluding carboxylic acids is 1. The quantitative estimate of drug-likeness (QED) is 0.726. The number of aromatic nitrogens is 2. The van der Waals surface area contributed by atoms with Crippen molar-refractivity contribution in [2.45, 2.75) is 33.0 Å². The van der Waals surface area contributed by atoms with E-state index in [9.17, 15) is 4.79 Å². The molecule has 0 saturated carbocycles. The van der Waals surface area contributed by atoms with Gasteiger partial charge in [-0.2, -0.15) is 0 Å². The van der Waals surface area contributed by atoms with Crippen molar-refractivity contribution >= 4 is 5.91 Å². The highest BCUT2D eigenvalue weighted by molar-refractivity contribution is 5.75. The van der Waals surface area contributed by atoms with Gasteiger partial charge in [0.1, 0.15) is 6.54 Å². The summed E-state index contributed by atoms with van der Waals surface area (Å²) in [7, 11) is 1.63. The van der Waals surface area contributed by atoms with E-state index in [1.165, 1.54) is 0 Å². The summed E-state index contributed by atoms with van der Waals surface area (Å²) in [4.78, 5) is 15.3. The largest absolute Gasteiger partial charge is 0.358 e. The SMILES string of the molecule is CNC(=O)Cn1cnc(CNC(C)C)c1. The van der Waals surface area contributed by atoms with Crippen molar-refractivity contribution in [1.29, 1.82) is 0 Å². The van der Waals surface area contributed by atoms with Crippen molar-refractivity contribution in [2.75, 3.05) is 7.05 Å². The Balaban J connectivity index is 2.45. The van der Waals surface area contributed by atoms with Gasteiger partial charge in [0.2, 0.25) is 5.91 Å². The first kappa shape index (κ1) is 11.7. The van der Waals surface area contributed by atoms with Gasteiger partial charge >= 0.3 is 0 Å². The summed E-state index contributed by atoms with van der Waals surface area (Å²) >= 11 is 0. The third-order valence-corrected chi connectivity index (χ3v) is 1.98. The van der Waals surface area contributed by atoms with Crippen molar-refractivity contribution in [3.8, 4) is 0 Å². The van der Waals surface area contributed by atoms with Crippen LogP contribution < -0.4 is 10.6 Å². The van der Waals surface area contributed by atoms with Gasteiger partial charge in [-0.25, -0.2) is 4.98 Å². The minimum Gasteiger partial charge on any atom is -0.358 e. The number of hydrogen-bond donors (Lipinski definition) is 2. The highest BCUT2D eigenvalue weighted by Crippen LogP contribution is 1.96. The average Bonchev–Trinajstić information content (AvgIpc) is 2.62. The lowest BCUT2D eigenvalue weighted by Gasteiger charge is -2.04. The maximum atomic E-state index is 11.1. The molecule has 84 valence electrons. The number of carbonyl (C=O) groups is 1. The van der Waals surface area contributed by atoms with Crippen LogP contribution in [0.25, 0.3) is 0 Å². The molecule has 0 radical (unpaired) electrons. The summed E-state index contributed by atoms with van der Waals surface area (Å²) in [5.74, 6) is -0.0178. The first-order chi connectivity index (χ1) is 7.11. The second-order valence-corrected chi connectivity index (χ2v) is 3.75. The lowest BCUT2D eigenvalue weighted by Crippen LogP contribution is -2.23. The Morgan fingerprint density at radius 3 is 2.93 bits per heavy atom. The molecule has 0 spiro atoms. The number of hydrogen-bond acceptors (Lipinski definition) is 3. The average molecular weight is 210 g/mol. The number of amides is 1. The van der Waals surface area contributed by atoms with Gasteiger partial charge in [-0.3, -0.25) is 4.79 Å². The minimum atomic E-state index is -0.0178. The molecule has 0 aliphatic rings. The van der Waals surface area contributed by atoms with Crippen LogP contribution in [0.15, 0.2) is 12.5 Å². The van der Waals surface area contributed by atoms with Crippen molar-refractivity contribution in [3.05, 3.63) is 18.2 Å². The first-order valence-corrected chi connectivity index (χ1v) is 5.06. The standard InChI is InChI=1S/C10H18N4O/c1-8(2)12-4-9-5-14(7-13-9)6-10(15)11-3/h5,7-8,12H,4,6H2,1-3H3,(H,11,15). The molecule has 1 amide bonds. The second kappa shape index (κ2) is 5.50. The Kier molecular flexibility index (Phi) is 4.30. The molecule has 0 saturated heterocycles. The molecule has 1 rings (SSSR count). The Morgan fingerprint density at radius 1 is 1.60 bits per heavy atom. The molecule has 2 N–H and O–H groups in total. The highest BCUT2D eigenvalue weighted by Gasteiger charge is 2.02. The van der Waals surface area contributed by atoms with Crippen LogP contribution in [0.5, 0.6) is 0 Å². The van der Waals surface area contributed by atoms with Gasteiger partial charge in [0.05, 0.1) is 12.0 Å². The zero-order valence-corrected chi connectivity index (χ0v) is 9.45. The minimum absolute atomic E-state index is 0.0178. The van der Waals surface area contributed by atoms with Crippen LogP contribution in [0.2, 0.25) is 0 Å². The van der Waals surface area contributed by atoms with E-state index in [0.29, 0.717) is 12.6 Å². The van der Waals surface area contributed by atoms with Crippen LogP contribution in [0.3, 0.4) is 0 Å². The van der Waals surface area contributed by atoms with Crippen LogP contribution in [0, 0.1) is 0 Å². The van der Waals surface area contributed by atoms with Crippen molar-refractivity contribution in [1.82, 2.24) is 20.2 Å². The molecule has 1 aromatic rings. The molecule has 1 aromatic heterocycles. The van der Waals surface area contributed by atoms with Crippen molar-refractivity contribution in [3.63, 3.8) is 0 Å². The highest BCUT2D eigenvalue weighted by atomic mass is 16.1. The first-order valence-electron chi connectivity index (χ1n) is 5.06. The maximum Gasteiger partial charge on any atom is 0.239 e. The number of rotatable bonds is 5. The monoisotopic (exact) mass is 210 g/mol. The van der Waals surface area contributed by atoms with Gasteiger partial charge < -0.3 is 15.2 Å². The number of likely N-dealkylation sites (N-methyl/N-ethyl adjacent to an activating group) is 1. The van der Waals surface area contributed by atoms with Gasteiger partial charge in [-0.15, -0.1) is 0 Å². The Hall–Kier alpha value is -1.36. The zero-order valence-electron chi connectivity index (χ0n) is 9.45. The number of nitrogens with one attached hydrogen (secondary N) is 2. The molecule has 0 fully saturated rings. The lowest BCUT2D eigenvalue weighted by atomic mass is 10.3. The van der Waals surface area contributed by atoms with Gasteiger partial charge in [0.25, 0.3) is 0 Å². The van der Waals surface area contributed by atoms with E-state index in [-0.39, 0.29) is 5.91 Å². The molecule has 1 heterocycles. The van der Waals surface area contributed by atoms with E-state index in [4.69, 9.17) is 0 Å². The predicted octanol–water partition coefficient (Wildman–Crippen LogP) is 0.127. The maximum absolute atomic E-state index is 11.1. The molecular weight excluding hydrogens is 192 g/mol. The van der Waals surface area contributed by atoms with E-state index in [1.807, 2.05) is 6.20 Å². The van der Waals surface area contributed by atoms with Crippen LogP contribution in [-0.2, 0) is 17.9 Å². The summed E-state index contributed by atoms with van der Waals surface area (Å²) in [5.41, 5.74) is 0.951. The van der Waals surface area contributed by atoms with E-state index in [0.717, 1.165) is 12.2 Å². The molecular formula is C10H18N4O. The third kappa shape index (κ3) is 4.12. The fourth-order valence-electron chi connectivity index (χ4n) is 1.14. The Morgan fingerprint density at radius 2 is 2.33 bits per heavy atom. The van der Waals surface area contributed by atoms with Gasteiger partial charge in [0, 0.05) is 25.8 Å². The molecule has 5 nitrogen and oxygen atoms in total. The summed E-state index contributed by atoms with van der Waals surface area (Å²) in [6.45, 7) is 5.23. The Labute approximate surface area is 89.9 Å². The lowest BCUT2D eigenvalue weighted by molar-refractivity contribution is -0.121. The molecule has 0 bridgehead atoms. The molecule has 15 heavy (non-hydrogen) atoms. The smallest absolute Gasteiger partial charge is 0.239 e. The molecule has 0 aromatic carbocycles. The van der Waals surface area contributed by atoms with Crippen LogP contribution >= 0.6 is 0 Å². The normalized spacial score (nSPS) is 10.7. The van der Waals surface area contributed by atoms with Gasteiger partial charge in [-0.1, -0.05) is 13.8 Å². The molecule has 0 aliphatic heterocycles. The predicted molar refractivity (Wildman–Crippen MR) is 58.3 cm³/mol. The third-order valence-electron chi connectivity index (χ3n) is 1.98. The van der Waals surface area contributed by atoms with E-state index >= 15 is 0 Å². The second-order valence-electron chi connectivity index (χ2n) is 3.75. The van der Waals surface area contributed by atoms with Crippen molar-refractivity contribution in [2.24, 2.45) is 0 Å². The Bertz CT molecular complexity index is 319. The molecule has 0 unspecified atom stereocenters. The van der Waals surface area contributed by atoms with E-state index < -0.39 is 0 Å².